The van der Waals surface area contributed by atoms with Gasteiger partial charge in [-0.05, 0) is 36.5 Å². The molecule has 0 N–H and O–H groups in total. The van der Waals surface area contributed by atoms with Gasteiger partial charge in [0, 0.05) is 13.1 Å². The largest absolute Gasteiger partial charge is 0.445 e. The van der Waals surface area contributed by atoms with Gasteiger partial charge in [-0.2, -0.15) is 0 Å². The van der Waals surface area contributed by atoms with Gasteiger partial charge in [0.2, 0.25) is 5.91 Å². The van der Waals surface area contributed by atoms with E-state index in [1.165, 1.54) is 0 Å². The maximum atomic E-state index is 14.1. The zero-order valence-corrected chi connectivity index (χ0v) is 19.5. The Balaban J connectivity index is 1.34. The van der Waals surface area contributed by atoms with Crippen molar-refractivity contribution in [1.82, 2.24) is 9.80 Å². The molecule has 34 heavy (non-hydrogen) atoms. The predicted molar refractivity (Wildman–Crippen MR) is 131 cm³/mol. The molecule has 2 atom stereocenters. The van der Waals surface area contributed by atoms with Gasteiger partial charge in [0.25, 0.3) is 0 Å². The number of likely N-dealkylation sites (tertiary alicyclic amines) is 1. The molecule has 2 saturated heterocycles. The highest BCUT2D eigenvalue weighted by atomic mass is 16.6. The van der Waals surface area contributed by atoms with Gasteiger partial charge in [-0.3, -0.25) is 9.69 Å². The van der Waals surface area contributed by atoms with Crippen LogP contribution in [0.2, 0.25) is 0 Å². The summed E-state index contributed by atoms with van der Waals surface area (Å²) in [5.74, 6) is 0.0825. The maximum Gasteiger partial charge on any atom is 0.410 e. The number of fused-ring (bicyclic) bond motifs is 2. The number of amides is 2. The molecule has 2 aliphatic rings. The zero-order valence-electron chi connectivity index (χ0n) is 19.5. The predicted octanol–water partition coefficient (Wildman–Crippen LogP) is 5.00. The molecule has 3 aromatic rings. The first-order chi connectivity index (χ1) is 16.6. The minimum Gasteiger partial charge on any atom is -0.445 e. The molecule has 0 aliphatic carbocycles. The molecule has 0 unspecified atom stereocenters. The van der Waals surface area contributed by atoms with Gasteiger partial charge < -0.3 is 9.64 Å². The van der Waals surface area contributed by atoms with E-state index < -0.39 is 5.41 Å². The van der Waals surface area contributed by atoms with E-state index in [1.54, 1.807) is 0 Å². The van der Waals surface area contributed by atoms with Gasteiger partial charge in [-0.1, -0.05) is 91.0 Å². The molecule has 3 aromatic carbocycles. The molecule has 0 saturated carbocycles. The van der Waals surface area contributed by atoms with Crippen LogP contribution in [0.15, 0.2) is 91.0 Å². The highest BCUT2D eigenvalue weighted by molar-refractivity contribution is 5.92. The van der Waals surface area contributed by atoms with Gasteiger partial charge in [0.1, 0.15) is 6.61 Å². The van der Waals surface area contributed by atoms with E-state index in [2.05, 4.69) is 0 Å². The van der Waals surface area contributed by atoms with Crippen LogP contribution in [0.5, 0.6) is 0 Å². The van der Waals surface area contributed by atoms with Crippen molar-refractivity contribution >= 4 is 12.0 Å². The number of piperazine rings is 1. The van der Waals surface area contributed by atoms with E-state index in [-0.39, 0.29) is 30.7 Å². The lowest BCUT2D eigenvalue weighted by Gasteiger charge is -2.43. The quantitative estimate of drug-likeness (QED) is 0.545. The van der Waals surface area contributed by atoms with Gasteiger partial charge >= 0.3 is 6.09 Å². The second-order valence-corrected chi connectivity index (χ2v) is 9.40. The minimum atomic E-state index is -0.794. The SMILES string of the molecule is CC(C(=O)N1C[C@H]2CC[C@@H](C1)N2C(=O)OCc1ccccc1)(c1ccccc1)c1ccccc1. The Morgan fingerprint density at radius 1 is 0.794 bits per heavy atom. The normalized spacial score (nSPS) is 19.7. The summed E-state index contributed by atoms with van der Waals surface area (Å²) in [5, 5.41) is 0. The van der Waals surface area contributed by atoms with Gasteiger partial charge in [0.05, 0.1) is 17.5 Å². The van der Waals surface area contributed by atoms with Crippen molar-refractivity contribution in [2.75, 3.05) is 13.1 Å². The third-order valence-electron chi connectivity index (χ3n) is 7.32. The summed E-state index contributed by atoms with van der Waals surface area (Å²) in [6.07, 6.45) is 1.50. The van der Waals surface area contributed by atoms with Crippen LogP contribution in [-0.4, -0.2) is 47.0 Å². The average molecular weight is 455 g/mol. The van der Waals surface area contributed by atoms with E-state index in [4.69, 9.17) is 4.74 Å². The third kappa shape index (κ3) is 4.07. The van der Waals surface area contributed by atoms with Crippen molar-refractivity contribution in [3.05, 3.63) is 108 Å². The molecule has 5 heteroatoms. The molecule has 2 amide bonds. The van der Waals surface area contributed by atoms with Crippen LogP contribution in [0.1, 0.15) is 36.5 Å². The zero-order chi connectivity index (χ0) is 23.5. The number of benzene rings is 3. The maximum absolute atomic E-state index is 14.1. The summed E-state index contributed by atoms with van der Waals surface area (Å²) >= 11 is 0. The Bertz CT molecular complexity index is 1080. The van der Waals surface area contributed by atoms with E-state index in [1.807, 2.05) is 108 Å². The first kappa shape index (κ1) is 22.2. The van der Waals surface area contributed by atoms with Crippen molar-refractivity contribution in [2.24, 2.45) is 0 Å². The molecule has 174 valence electrons. The monoisotopic (exact) mass is 454 g/mol. The Kier molecular flexibility index (Phi) is 6.10. The van der Waals surface area contributed by atoms with Crippen LogP contribution in [-0.2, 0) is 21.6 Å². The van der Waals surface area contributed by atoms with Crippen LogP contribution in [0.4, 0.5) is 4.79 Å². The summed E-state index contributed by atoms with van der Waals surface area (Å²) in [6.45, 7) is 3.34. The molecule has 2 bridgehead atoms. The fourth-order valence-corrected chi connectivity index (χ4v) is 5.43. The van der Waals surface area contributed by atoms with Crippen molar-refractivity contribution < 1.29 is 14.3 Å². The Hall–Kier alpha value is -3.60. The number of rotatable bonds is 5. The third-order valence-corrected chi connectivity index (χ3v) is 7.32. The van der Waals surface area contributed by atoms with E-state index in [0.29, 0.717) is 13.1 Å². The van der Waals surface area contributed by atoms with Crippen molar-refractivity contribution in [3.8, 4) is 0 Å². The first-order valence-corrected chi connectivity index (χ1v) is 12.0. The standard InChI is InChI=1S/C29H30N2O3/c1-29(23-13-7-3-8-14-23,24-15-9-4-10-16-24)27(32)30-19-25-17-18-26(20-30)31(25)28(33)34-21-22-11-5-2-6-12-22/h2-16,25-26H,17-21H2,1H3/t25-,26+. The van der Waals surface area contributed by atoms with Crippen LogP contribution in [0, 0.1) is 0 Å². The minimum absolute atomic E-state index is 0.0122. The van der Waals surface area contributed by atoms with Crippen molar-refractivity contribution in [1.29, 1.82) is 0 Å². The fourth-order valence-electron chi connectivity index (χ4n) is 5.43. The lowest BCUT2D eigenvalue weighted by atomic mass is 9.75. The van der Waals surface area contributed by atoms with E-state index in [9.17, 15) is 9.59 Å². The van der Waals surface area contributed by atoms with Gasteiger partial charge in [0.15, 0.2) is 0 Å². The van der Waals surface area contributed by atoms with Crippen molar-refractivity contribution in [3.63, 3.8) is 0 Å². The molecular formula is C29H30N2O3. The smallest absolute Gasteiger partial charge is 0.410 e. The fraction of sp³-hybridized carbons (Fsp3) is 0.310. The molecule has 0 radical (unpaired) electrons. The molecule has 5 nitrogen and oxygen atoms in total. The summed E-state index contributed by atoms with van der Waals surface area (Å²) < 4.78 is 5.63. The number of hydrogen-bond donors (Lipinski definition) is 0. The molecular weight excluding hydrogens is 424 g/mol. The van der Waals surface area contributed by atoms with E-state index in [0.717, 1.165) is 29.5 Å². The summed E-state index contributed by atoms with van der Waals surface area (Å²) in [4.78, 5) is 30.9. The second-order valence-electron chi connectivity index (χ2n) is 9.40. The topological polar surface area (TPSA) is 49.9 Å². The highest BCUT2D eigenvalue weighted by Crippen LogP contribution is 2.37. The molecule has 0 spiro atoms. The first-order valence-electron chi connectivity index (χ1n) is 12.0. The molecule has 2 fully saturated rings. The lowest BCUT2D eigenvalue weighted by molar-refractivity contribution is -0.138. The molecule has 0 aromatic heterocycles. The molecule has 2 heterocycles. The molecule has 5 rings (SSSR count). The highest BCUT2D eigenvalue weighted by Gasteiger charge is 2.48. The van der Waals surface area contributed by atoms with Gasteiger partial charge in [-0.25, -0.2) is 4.79 Å². The van der Waals surface area contributed by atoms with E-state index >= 15 is 0 Å². The van der Waals surface area contributed by atoms with Crippen LogP contribution >= 0.6 is 0 Å². The molecule has 2 aliphatic heterocycles. The Morgan fingerprint density at radius 3 is 1.76 bits per heavy atom. The number of ether oxygens (including phenoxy) is 1. The van der Waals surface area contributed by atoms with Crippen LogP contribution in [0.3, 0.4) is 0 Å². The number of carbonyl (C=O) groups is 2. The summed E-state index contributed by atoms with van der Waals surface area (Å²) in [5.41, 5.74) is 2.13. The van der Waals surface area contributed by atoms with Crippen LogP contribution < -0.4 is 0 Å². The number of carbonyl (C=O) groups excluding carboxylic acids is 2. The van der Waals surface area contributed by atoms with Gasteiger partial charge in [-0.15, -0.1) is 0 Å². The Morgan fingerprint density at radius 2 is 1.26 bits per heavy atom. The summed E-state index contributed by atoms with van der Waals surface area (Å²) in [6, 6.07) is 29.7. The second kappa shape index (κ2) is 9.34. The number of hydrogen-bond acceptors (Lipinski definition) is 3. The Labute approximate surface area is 201 Å². The lowest BCUT2D eigenvalue weighted by Crippen LogP contribution is -2.60. The van der Waals surface area contributed by atoms with Crippen LogP contribution in [0.25, 0.3) is 0 Å². The summed E-state index contributed by atoms with van der Waals surface area (Å²) in [7, 11) is 0. The van der Waals surface area contributed by atoms with Crippen molar-refractivity contribution in [2.45, 2.75) is 43.9 Å². The average Bonchev–Trinajstić information content (AvgIpc) is 3.17. The number of nitrogens with zero attached hydrogens (tertiary/aromatic N) is 2.